The van der Waals surface area contributed by atoms with E-state index in [0.717, 1.165) is 5.39 Å². The summed E-state index contributed by atoms with van der Waals surface area (Å²) in [5.41, 5.74) is 0.482. The molecule has 3 aromatic carbocycles. The lowest BCUT2D eigenvalue weighted by Gasteiger charge is -2.17. The summed E-state index contributed by atoms with van der Waals surface area (Å²) in [6.45, 7) is 0. The van der Waals surface area contributed by atoms with Gasteiger partial charge in [-0.2, -0.15) is 5.26 Å². The highest BCUT2D eigenvalue weighted by molar-refractivity contribution is 7.47. The number of hydrogen-bond donors (Lipinski definition) is 1. The van der Waals surface area contributed by atoms with Crippen LogP contribution in [0.5, 0.6) is 5.75 Å². The average Bonchev–Trinajstić information content (AvgIpc) is 2.60. The van der Waals surface area contributed by atoms with Crippen LogP contribution in [0.3, 0.4) is 0 Å². The lowest BCUT2D eigenvalue weighted by Crippen LogP contribution is -2.04. The molecule has 0 bridgehead atoms. The number of rotatable bonds is 5. The molecule has 120 valence electrons. The zero-order chi connectivity index (χ0) is 17.0. The van der Waals surface area contributed by atoms with E-state index in [-0.39, 0.29) is 5.75 Å². The van der Waals surface area contributed by atoms with Crippen LogP contribution in [0.4, 0.5) is 0 Å². The van der Waals surface area contributed by atoms with E-state index >= 15 is 0 Å². The van der Waals surface area contributed by atoms with Gasteiger partial charge in [-0.3, -0.25) is 9.42 Å². The van der Waals surface area contributed by atoms with Gasteiger partial charge in [0.1, 0.15) is 5.75 Å². The van der Waals surface area contributed by atoms with Crippen molar-refractivity contribution in [3.8, 4) is 11.8 Å². The maximum Gasteiger partial charge on any atom is 0.529 e. The number of fused-ring (bicyclic) bond motifs is 1. The summed E-state index contributed by atoms with van der Waals surface area (Å²) >= 11 is 0. The van der Waals surface area contributed by atoms with E-state index in [4.69, 9.17) is 9.05 Å². The summed E-state index contributed by atoms with van der Waals surface area (Å²) in [7, 11) is -4.48. The predicted octanol–water partition coefficient (Wildman–Crippen LogP) is 4.60. The van der Waals surface area contributed by atoms with Crippen LogP contribution in [0.25, 0.3) is 10.8 Å². The van der Waals surface area contributed by atoms with Gasteiger partial charge in [0, 0.05) is 5.39 Å². The van der Waals surface area contributed by atoms with Crippen LogP contribution < -0.4 is 4.52 Å². The molecule has 0 heterocycles. The van der Waals surface area contributed by atoms with Crippen LogP contribution >= 0.6 is 7.82 Å². The molecule has 24 heavy (non-hydrogen) atoms. The molecule has 0 aliphatic rings. The number of benzene rings is 3. The van der Waals surface area contributed by atoms with Crippen LogP contribution in [0.1, 0.15) is 11.7 Å². The number of phosphoric acid groups is 1. The van der Waals surface area contributed by atoms with Crippen molar-refractivity contribution in [2.24, 2.45) is 0 Å². The van der Waals surface area contributed by atoms with Crippen LogP contribution in [0.15, 0.2) is 72.8 Å². The molecule has 0 aliphatic heterocycles. The molecule has 0 radical (unpaired) electrons. The van der Waals surface area contributed by atoms with E-state index in [1.807, 2.05) is 24.3 Å². The van der Waals surface area contributed by atoms with Crippen molar-refractivity contribution in [3.05, 3.63) is 78.4 Å². The third-order valence-corrected chi connectivity index (χ3v) is 4.33. The molecule has 5 nitrogen and oxygen atoms in total. The summed E-state index contributed by atoms with van der Waals surface area (Å²) in [6.07, 6.45) is -1.20. The molecule has 3 aromatic rings. The van der Waals surface area contributed by atoms with Crippen molar-refractivity contribution in [1.29, 1.82) is 5.26 Å². The highest BCUT2D eigenvalue weighted by Crippen LogP contribution is 2.49. The minimum Gasteiger partial charge on any atom is -0.403 e. The number of nitrogens with zero attached hydrogens (tertiary/aromatic N) is 1. The lowest BCUT2D eigenvalue weighted by atomic mass is 10.1. The zero-order valence-corrected chi connectivity index (χ0v) is 13.5. The van der Waals surface area contributed by atoms with Gasteiger partial charge in [0.05, 0.1) is 6.07 Å². The van der Waals surface area contributed by atoms with E-state index < -0.39 is 13.9 Å². The largest absolute Gasteiger partial charge is 0.529 e. The summed E-state index contributed by atoms with van der Waals surface area (Å²) in [6, 6.07) is 22.9. The Morgan fingerprint density at radius 3 is 2.38 bits per heavy atom. The molecular weight excluding hydrogens is 325 g/mol. The SMILES string of the molecule is N#CC(OP(=O)(O)Oc1cccc2ccccc12)c1ccccc1. The maximum atomic E-state index is 12.3. The normalized spacial score (nSPS) is 14.5. The minimum atomic E-state index is -4.48. The number of phosphoric ester groups is 1. The van der Waals surface area contributed by atoms with Crippen molar-refractivity contribution in [2.45, 2.75) is 6.10 Å². The monoisotopic (exact) mass is 339 g/mol. The first-order valence-corrected chi connectivity index (χ1v) is 8.72. The summed E-state index contributed by atoms with van der Waals surface area (Å²) < 4.78 is 22.6. The first-order valence-electron chi connectivity index (χ1n) is 7.22. The minimum absolute atomic E-state index is 0.226. The standard InChI is InChI=1S/C18H14NO4P/c19-13-18(15-8-2-1-3-9-15)23-24(20,21)22-17-12-6-10-14-7-4-5-11-16(14)17/h1-12,18H,(H,20,21). The Hall–Kier alpha value is -2.64. The van der Waals surface area contributed by atoms with Crippen molar-refractivity contribution in [3.63, 3.8) is 0 Å². The summed E-state index contributed by atoms with van der Waals surface area (Å²) in [5.74, 6) is 0.226. The Kier molecular flexibility index (Phi) is 4.64. The Bertz CT molecular complexity index is 931. The molecule has 1 N–H and O–H groups in total. The van der Waals surface area contributed by atoms with Gasteiger partial charge in [0.2, 0.25) is 0 Å². The van der Waals surface area contributed by atoms with E-state index in [1.54, 1.807) is 54.6 Å². The summed E-state index contributed by atoms with van der Waals surface area (Å²) in [4.78, 5) is 10.1. The summed E-state index contributed by atoms with van der Waals surface area (Å²) in [5, 5.41) is 10.8. The molecule has 0 aromatic heterocycles. The molecule has 0 saturated heterocycles. The van der Waals surface area contributed by atoms with E-state index in [2.05, 4.69) is 0 Å². The molecule has 0 saturated carbocycles. The molecule has 2 unspecified atom stereocenters. The topological polar surface area (TPSA) is 79.5 Å². The van der Waals surface area contributed by atoms with Crippen molar-refractivity contribution < 1.29 is 18.5 Å². The van der Waals surface area contributed by atoms with Gasteiger partial charge < -0.3 is 4.52 Å². The average molecular weight is 339 g/mol. The lowest BCUT2D eigenvalue weighted by molar-refractivity contribution is 0.172. The highest BCUT2D eigenvalue weighted by atomic mass is 31.2. The molecular formula is C18H14NO4P. The van der Waals surface area contributed by atoms with Gasteiger partial charge in [0.15, 0.2) is 6.10 Å². The van der Waals surface area contributed by atoms with Gasteiger partial charge >= 0.3 is 7.82 Å². The predicted molar refractivity (Wildman–Crippen MR) is 90.3 cm³/mol. The number of hydrogen-bond acceptors (Lipinski definition) is 4. The molecule has 0 amide bonds. The zero-order valence-electron chi connectivity index (χ0n) is 12.6. The van der Waals surface area contributed by atoms with Crippen molar-refractivity contribution in [2.75, 3.05) is 0 Å². The van der Waals surface area contributed by atoms with Crippen LogP contribution in [0, 0.1) is 11.3 Å². The molecule has 3 rings (SSSR count). The third-order valence-electron chi connectivity index (χ3n) is 3.42. The van der Waals surface area contributed by atoms with E-state index in [0.29, 0.717) is 10.9 Å². The van der Waals surface area contributed by atoms with Crippen molar-refractivity contribution in [1.82, 2.24) is 0 Å². The fraction of sp³-hybridized carbons (Fsp3) is 0.0556. The first kappa shape index (κ1) is 16.2. The first-order chi connectivity index (χ1) is 11.6. The smallest absolute Gasteiger partial charge is 0.403 e. The van der Waals surface area contributed by atoms with E-state index in [9.17, 15) is 14.7 Å². The Labute approximate surface area is 139 Å². The van der Waals surface area contributed by atoms with Gasteiger partial charge in [-0.05, 0) is 17.0 Å². The van der Waals surface area contributed by atoms with Gasteiger partial charge in [0.25, 0.3) is 0 Å². The molecule has 0 spiro atoms. The second kappa shape index (κ2) is 6.86. The highest BCUT2D eigenvalue weighted by Gasteiger charge is 2.29. The second-order valence-corrected chi connectivity index (χ2v) is 6.39. The van der Waals surface area contributed by atoms with Crippen LogP contribution in [-0.4, -0.2) is 4.89 Å². The number of nitriles is 1. The third kappa shape index (κ3) is 3.64. The van der Waals surface area contributed by atoms with E-state index in [1.165, 1.54) is 0 Å². The molecule has 0 fully saturated rings. The Morgan fingerprint density at radius 2 is 1.62 bits per heavy atom. The molecule has 6 heteroatoms. The molecule has 2 atom stereocenters. The Morgan fingerprint density at radius 1 is 0.958 bits per heavy atom. The Balaban J connectivity index is 1.85. The second-order valence-electron chi connectivity index (χ2n) is 5.06. The maximum absolute atomic E-state index is 12.3. The quantitative estimate of drug-likeness (QED) is 0.687. The fourth-order valence-electron chi connectivity index (χ4n) is 2.34. The van der Waals surface area contributed by atoms with Gasteiger partial charge in [-0.1, -0.05) is 66.7 Å². The van der Waals surface area contributed by atoms with Crippen LogP contribution in [0.2, 0.25) is 0 Å². The van der Waals surface area contributed by atoms with Gasteiger partial charge in [-0.15, -0.1) is 0 Å². The molecule has 0 aliphatic carbocycles. The van der Waals surface area contributed by atoms with Gasteiger partial charge in [-0.25, -0.2) is 4.57 Å². The fourth-order valence-corrected chi connectivity index (χ4v) is 3.23. The van der Waals surface area contributed by atoms with Crippen molar-refractivity contribution >= 4 is 18.6 Å². The van der Waals surface area contributed by atoms with Crippen LogP contribution in [-0.2, 0) is 9.09 Å².